The number of hydrogen-bond acceptors (Lipinski definition) is 4. The van der Waals surface area contributed by atoms with Gasteiger partial charge in [-0.2, -0.15) is 0 Å². The minimum atomic E-state index is -0.530. The Morgan fingerprint density at radius 1 is 1.25 bits per heavy atom. The Kier molecular flexibility index (Phi) is 1.85. The molecule has 1 aliphatic carbocycles. The van der Waals surface area contributed by atoms with Crippen molar-refractivity contribution in [1.82, 2.24) is 0 Å². The van der Waals surface area contributed by atoms with Gasteiger partial charge in [0.05, 0.1) is 0 Å². The van der Waals surface area contributed by atoms with Gasteiger partial charge >= 0.3 is 0 Å². The van der Waals surface area contributed by atoms with Crippen LogP contribution in [0.3, 0.4) is 0 Å². The van der Waals surface area contributed by atoms with E-state index < -0.39 is 9.87 Å². The van der Waals surface area contributed by atoms with E-state index in [1.54, 1.807) is 11.8 Å². The molecular weight excluding hydrogens is 224 g/mol. The summed E-state index contributed by atoms with van der Waals surface area (Å²) in [5.41, 5.74) is 1.90. The zero-order valence-electron chi connectivity index (χ0n) is 10.0. The molecular formula is C12H16O3S. The largest absolute Gasteiger partial charge is 0.294 e. The third-order valence-corrected chi connectivity index (χ3v) is 5.27. The van der Waals surface area contributed by atoms with Gasteiger partial charge in [-0.25, -0.2) is 9.78 Å². The van der Waals surface area contributed by atoms with Crippen molar-refractivity contribution < 1.29 is 14.6 Å². The number of carbonyl (C=O) groups excluding carboxylic acids is 1. The van der Waals surface area contributed by atoms with Crippen molar-refractivity contribution in [2.45, 2.75) is 50.4 Å². The second kappa shape index (κ2) is 2.74. The van der Waals surface area contributed by atoms with Gasteiger partial charge in [-0.1, -0.05) is 25.6 Å². The van der Waals surface area contributed by atoms with Crippen molar-refractivity contribution in [3.05, 3.63) is 11.1 Å². The van der Waals surface area contributed by atoms with Crippen molar-refractivity contribution in [1.29, 1.82) is 0 Å². The molecule has 88 valence electrons. The van der Waals surface area contributed by atoms with Crippen LogP contribution in [0, 0.1) is 5.41 Å². The smallest absolute Gasteiger partial charge is 0.181 e. The van der Waals surface area contributed by atoms with Gasteiger partial charge in [0.25, 0.3) is 0 Å². The molecule has 0 amide bonds. The molecule has 1 spiro atoms. The average molecular weight is 240 g/mol. The number of ketones is 1. The molecule has 0 aromatic rings. The van der Waals surface area contributed by atoms with Gasteiger partial charge in [0.15, 0.2) is 15.6 Å². The van der Waals surface area contributed by atoms with Crippen molar-refractivity contribution >= 4 is 17.5 Å². The second-order valence-corrected chi connectivity index (χ2v) is 7.55. The quantitative estimate of drug-likeness (QED) is 0.610. The summed E-state index contributed by atoms with van der Waals surface area (Å²) in [6.07, 6.45) is 1.46. The summed E-state index contributed by atoms with van der Waals surface area (Å²) in [6.45, 7) is 8.20. The summed E-state index contributed by atoms with van der Waals surface area (Å²) in [7, 11) is 0. The normalized spacial score (nSPS) is 45.1. The predicted octanol–water partition coefficient (Wildman–Crippen LogP) is 2.81. The van der Waals surface area contributed by atoms with Gasteiger partial charge in [0.1, 0.15) is 0 Å². The number of rotatable bonds is 0. The lowest BCUT2D eigenvalue weighted by molar-refractivity contribution is -0.346. The van der Waals surface area contributed by atoms with Gasteiger partial charge in [0.2, 0.25) is 0 Å². The monoisotopic (exact) mass is 240 g/mol. The minimum Gasteiger partial charge on any atom is -0.294 e. The van der Waals surface area contributed by atoms with E-state index in [-0.39, 0.29) is 11.2 Å². The summed E-state index contributed by atoms with van der Waals surface area (Å²) in [4.78, 5) is 22.2. The Morgan fingerprint density at radius 2 is 1.94 bits per heavy atom. The molecule has 2 heterocycles. The lowest BCUT2D eigenvalue weighted by atomic mass is 9.71. The topological polar surface area (TPSA) is 35.5 Å². The summed E-state index contributed by atoms with van der Waals surface area (Å²) in [5.74, 6) is 0.230. The molecule has 2 fully saturated rings. The van der Waals surface area contributed by atoms with Crippen LogP contribution in [-0.2, 0) is 14.6 Å². The number of thioether (sulfide) groups is 1. The zero-order chi connectivity index (χ0) is 11.8. The summed E-state index contributed by atoms with van der Waals surface area (Å²) < 4.78 is 0. The van der Waals surface area contributed by atoms with E-state index in [2.05, 4.69) is 13.8 Å². The molecule has 1 saturated heterocycles. The van der Waals surface area contributed by atoms with E-state index in [0.29, 0.717) is 6.42 Å². The van der Waals surface area contributed by atoms with Crippen LogP contribution >= 0.6 is 11.8 Å². The summed E-state index contributed by atoms with van der Waals surface area (Å²) >= 11 is 1.64. The highest BCUT2D eigenvalue weighted by Crippen LogP contribution is 2.66. The molecule has 16 heavy (non-hydrogen) atoms. The molecule has 2 atom stereocenters. The first-order chi connectivity index (χ1) is 7.28. The van der Waals surface area contributed by atoms with Crippen LogP contribution in [-0.4, -0.2) is 15.6 Å². The predicted molar refractivity (Wildman–Crippen MR) is 61.6 cm³/mol. The fourth-order valence-corrected chi connectivity index (χ4v) is 4.88. The van der Waals surface area contributed by atoms with Crippen LogP contribution in [0.2, 0.25) is 0 Å². The van der Waals surface area contributed by atoms with Crippen LogP contribution in [0.4, 0.5) is 0 Å². The molecule has 0 aromatic carbocycles. The summed E-state index contributed by atoms with van der Waals surface area (Å²) in [6, 6.07) is 0. The maximum Gasteiger partial charge on any atom is 0.181 e. The van der Waals surface area contributed by atoms with Gasteiger partial charge in [-0.3, -0.25) is 4.79 Å². The lowest BCUT2D eigenvalue weighted by Crippen LogP contribution is -2.43. The molecule has 4 heteroatoms. The van der Waals surface area contributed by atoms with Crippen molar-refractivity contribution in [3.8, 4) is 0 Å². The lowest BCUT2D eigenvalue weighted by Gasteiger charge is -2.40. The van der Waals surface area contributed by atoms with Crippen LogP contribution in [0.15, 0.2) is 11.1 Å². The van der Waals surface area contributed by atoms with E-state index in [1.807, 2.05) is 13.8 Å². The number of carbonyl (C=O) groups is 1. The van der Waals surface area contributed by atoms with Crippen LogP contribution in [0.5, 0.6) is 0 Å². The Hall–Kier alpha value is -0.320. The Balaban J connectivity index is 2.15. The summed E-state index contributed by atoms with van der Waals surface area (Å²) in [5, 5.41) is 0. The number of fused-ring (bicyclic) bond motifs is 1. The van der Waals surface area contributed by atoms with Crippen molar-refractivity contribution in [2.24, 2.45) is 5.41 Å². The fraction of sp³-hybridized carbons (Fsp3) is 0.750. The van der Waals surface area contributed by atoms with Crippen molar-refractivity contribution in [3.63, 3.8) is 0 Å². The first kappa shape index (κ1) is 10.8. The molecule has 1 saturated carbocycles. The van der Waals surface area contributed by atoms with Gasteiger partial charge in [-0.05, 0) is 31.3 Å². The van der Waals surface area contributed by atoms with Crippen molar-refractivity contribution in [2.75, 3.05) is 0 Å². The molecule has 2 aliphatic heterocycles. The average Bonchev–Trinajstić information content (AvgIpc) is 2.50. The van der Waals surface area contributed by atoms with Crippen LogP contribution < -0.4 is 0 Å². The highest BCUT2D eigenvalue weighted by molar-refractivity contribution is 8.02. The Bertz CT molecular complexity index is 426. The standard InChI is InChI=1S/C12H16O3S/c1-7-9-8(13)5-10(2,3)6-12(9)15-14-11(7,4)16-12/h5-6H2,1-4H3/t11-,12-/m0/s1. The molecule has 3 nitrogen and oxygen atoms in total. The second-order valence-electron chi connectivity index (χ2n) is 5.91. The molecule has 2 bridgehead atoms. The molecule has 0 radical (unpaired) electrons. The maximum atomic E-state index is 12.2. The minimum absolute atomic E-state index is 0.00713. The van der Waals surface area contributed by atoms with Crippen LogP contribution in [0.25, 0.3) is 0 Å². The molecule has 0 unspecified atom stereocenters. The molecule has 3 aliphatic rings. The van der Waals surface area contributed by atoms with E-state index >= 15 is 0 Å². The molecule has 0 N–H and O–H groups in total. The Morgan fingerprint density at radius 3 is 2.62 bits per heavy atom. The van der Waals surface area contributed by atoms with Gasteiger partial charge < -0.3 is 0 Å². The Labute approximate surface area is 99.5 Å². The molecule has 0 aromatic heterocycles. The third-order valence-electron chi connectivity index (χ3n) is 3.76. The van der Waals surface area contributed by atoms with Gasteiger partial charge in [0, 0.05) is 12.0 Å². The highest BCUT2D eigenvalue weighted by Gasteiger charge is 2.65. The van der Waals surface area contributed by atoms with E-state index in [0.717, 1.165) is 17.6 Å². The number of hydrogen-bond donors (Lipinski definition) is 0. The molecule has 3 rings (SSSR count). The fourth-order valence-electron chi connectivity index (χ4n) is 3.03. The van der Waals surface area contributed by atoms with E-state index in [9.17, 15) is 4.79 Å². The first-order valence-corrected chi connectivity index (χ1v) is 6.42. The van der Waals surface area contributed by atoms with E-state index in [4.69, 9.17) is 9.78 Å². The van der Waals surface area contributed by atoms with Crippen LogP contribution in [0.1, 0.15) is 40.5 Å². The van der Waals surface area contributed by atoms with Gasteiger partial charge in [-0.15, -0.1) is 0 Å². The third kappa shape index (κ3) is 1.15. The zero-order valence-corrected chi connectivity index (χ0v) is 10.9. The van der Waals surface area contributed by atoms with E-state index in [1.165, 1.54) is 0 Å². The SMILES string of the molecule is CC1=C2C(=O)CC(C)(C)C[C@@]23OO[C@@]1(C)S3. The first-order valence-electron chi connectivity index (χ1n) is 5.60. The number of Topliss-reactive ketones (excluding diaryl/α,β-unsaturated/α-hetero) is 1. The maximum absolute atomic E-state index is 12.2. The highest BCUT2D eigenvalue weighted by atomic mass is 32.2.